The lowest BCUT2D eigenvalue weighted by Crippen LogP contribution is -2.57. The number of piperazine rings is 1. The third kappa shape index (κ3) is 2.98. The summed E-state index contributed by atoms with van der Waals surface area (Å²) in [6, 6.07) is 1.49. The van der Waals surface area contributed by atoms with E-state index < -0.39 is 0 Å². The van der Waals surface area contributed by atoms with E-state index in [2.05, 4.69) is 37.9 Å². The van der Waals surface area contributed by atoms with Crippen LogP contribution < -0.4 is 5.32 Å². The monoisotopic (exact) mass is 224 g/mol. The van der Waals surface area contributed by atoms with Crippen LogP contribution in [0.1, 0.15) is 47.0 Å². The van der Waals surface area contributed by atoms with Crippen LogP contribution in [0.15, 0.2) is 0 Å². The van der Waals surface area contributed by atoms with Gasteiger partial charge in [-0.3, -0.25) is 4.90 Å². The molecule has 16 heavy (non-hydrogen) atoms. The van der Waals surface area contributed by atoms with E-state index >= 15 is 0 Å². The van der Waals surface area contributed by atoms with E-state index in [-0.39, 0.29) is 0 Å². The van der Waals surface area contributed by atoms with E-state index in [1.54, 1.807) is 0 Å². The molecule has 1 N–H and O–H groups in total. The van der Waals surface area contributed by atoms with Gasteiger partial charge in [-0.15, -0.1) is 0 Å². The summed E-state index contributed by atoms with van der Waals surface area (Å²) in [5.41, 5.74) is 0.472. The molecule has 2 aliphatic rings. The Hall–Kier alpha value is -0.0800. The fraction of sp³-hybridized carbons (Fsp3) is 1.00. The van der Waals surface area contributed by atoms with Gasteiger partial charge < -0.3 is 5.32 Å². The second kappa shape index (κ2) is 4.66. The topological polar surface area (TPSA) is 15.3 Å². The number of hydrogen-bond acceptors (Lipinski definition) is 2. The zero-order valence-electron chi connectivity index (χ0n) is 11.4. The van der Waals surface area contributed by atoms with E-state index in [4.69, 9.17) is 0 Å². The van der Waals surface area contributed by atoms with Crippen LogP contribution in [0.4, 0.5) is 0 Å². The summed E-state index contributed by atoms with van der Waals surface area (Å²) in [4.78, 5) is 2.71. The van der Waals surface area contributed by atoms with Gasteiger partial charge >= 0.3 is 0 Å². The molecule has 1 heterocycles. The van der Waals surface area contributed by atoms with Gasteiger partial charge in [0.15, 0.2) is 0 Å². The molecule has 0 aromatic carbocycles. The van der Waals surface area contributed by atoms with Crippen LogP contribution in [0.5, 0.6) is 0 Å². The molecule has 0 spiro atoms. The third-order valence-electron chi connectivity index (χ3n) is 4.51. The molecule has 1 aliphatic carbocycles. The molecular formula is C14H28N2. The highest BCUT2D eigenvalue weighted by molar-refractivity contribution is 4.94. The van der Waals surface area contributed by atoms with Crippen molar-refractivity contribution in [1.82, 2.24) is 10.2 Å². The van der Waals surface area contributed by atoms with Crippen LogP contribution in [0.3, 0.4) is 0 Å². The van der Waals surface area contributed by atoms with Crippen molar-refractivity contribution in [2.45, 2.75) is 59.0 Å². The van der Waals surface area contributed by atoms with Gasteiger partial charge in [-0.1, -0.05) is 20.8 Å². The van der Waals surface area contributed by atoms with Crippen molar-refractivity contribution >= 4 is 0 Å². The fourth-order valence-electron chi connectivity index (χ4n) is 2.64. The average molecular weight is 224 g/mol. The van der Waals surface area contributed by atoms with Crippen LogP contribution in [0.2, 0.25) is 0 Å². The van der Waals surface area contributed by atoms with Crippen LogP contribution in [0.25, 0.3) is 0 Å². The Labute approximate surface area is 101 Å². The van der Waals surface area contributed by atoms with Crippen molar-refractivity contribution in [3.63, 3.8) is 0 Å². The lowest BCUT2D eigenvalue weighted by molar-refractivity contribution is 0.0855. The van der Waals surface area contributed by atoms with Gasteiger partial charge in [0.05, 0.1) is 0 Å². The van der Waals surface area contributed by atoms with Crippen molar-refractivity contribution in [1.29, 1.82) is 0 Å². The maximum atomic E-state index is 3.72. The zero-order chi connectivity index (χ0) is 11.8. The van der Waals surface area contributed by atoms with Crippen LogP contribution in [0, 0.1) is 11.3 Å². The Morgan fingerprint density at radius 3 is 2.56 bits per heavy atom. The summed E-state index contributed by atoms with van der Waals surface area (Å²) >= 11 is 0. The van der Waals surface area contributed by atoms with E-state index in [1.165, 1.54) is 38.9 Å². The minimum atomic E-state index is 0.472. The standard InChI is InChI=1S/C14H28N2/c1-5-14(3,4)10-16-9-13(12-6-7-12)15-8-11(16)2/h11-13,15H,5-10H2,1-4H3. The maximum Gasteiger partial charge on any atom is 0.0224 e. The molecule has 2 rings (SSSR count). The quantitative estimate of drug-likeness (QED) is 0.789. The summed E-state index contributed by atoms with van der Waals surface area (Å²) in [7, 11) is 0. The smallest absolute Gasteiger partial charge is 0.0224 e. The lowest BCUT2D eigenvalue weighted by Gasteiger charge is -2.42. The molecule has 0 radical (unpaired) electrons. The van der Waals surface area contributed by atoms with E-state index in [9.17, 15) is 0 Å². The number of rotatable bonds is 4. The Morgan fingerprint density at radius 1 is 1.31 bits per heavy atom. The molecule has 2 unspecified atom stereocenters. The molecule has 0 amide bonds. The summed E-state index contributed by atoms with van der Waals surface area (Å²) in [6.45, 7) is 13.2. The highest BCUT2D eigenvalue weighted by Gasteiger charge is 2.37. The summed E-state index contributed by atoms with van der Waals surface area (Å²) in [5.74, 6) is 0.986. The number of hydrogen-bond donors (Lipinski definition) is 1. The Bertz CT molecular complexity index is 233. The fourth-order valence-corrected chi connectivity index (χ4v) is 2.64. The molecule has 1 aliphatic heterocycles. The number of nitrogens with one attached hydrogen (secondary N) is 1. The van der Waals surface area contributed by atoms with Crippen LogP contribution >= 0.6 is 0 Å². The molecule has 0 aromatic heterocycles. The van der Waals surface area contributed by atoms with Crippen molar-refractivity contribution < 1.29 is 0 Å². The number of nitrogens with zero attached hydrogens (tertiary/aromatic N) is 1. The van der Waals surface area contributed by atoms with E-state index in [0.717, 1.165) is 12.0 Å². The lowest BCUT2D eigenvalue weighted by atomic mass is 9.88. The molecule has 1 saturated heterocycles. The normalized spacial score (nSPS) is 33.0. The Kier molecular flexibility index (Phi) is 3.60. The first-order valence-electron chi connectivity index (χ1n) is 6.99. The second-order valence-corrected chi connectivity index (χ2v) is 6.65. The Balaban J connectivity index is 1.90. The predicted octanol–water partition coefficient (Wildman–Crippen LogP) is 2.49. The predicted molar refractivity (Wildman–Crippen MR) is 69.6 cm³/mol. The van der Waals surface area contributed by atoms with Crippen molar-refractivity contribution in [2.24, 2.45) is 11.3 Å². The highest BCUT2D eigenvalue weighted by atomic mass is 15.2. The first-order valence-corrected chi connectivity index (χ1v) is 6.99. The second-order valence-electron chi connectivity index (χ2n) is 6.65. The van der Waals surface area contributed by atoms with Gasteiger partial charge in [0.1, 0.15) is 0 Å². The summed E-state index contributed by atoms with van der Waals surface area (Å²) < 4.78 is 0. The van der Waals surface area contributed by atoms with Crippen LogP contribution in [-0.2, 0) is 0 Å². The average Bonchev–Trinajstić information content (AvgIpc) is 3.05. The largest absolute Gasteiger partial charge is 0.311 e. The Morgan fingerprint density at radius 2 is 2.00 bits per heavy atom. The first-order chi connectivity index (χ1) is 7.52. The van der Waals surface area contributed by atoms with E-state index in [1.807, 2.05) is 0 Å². The zero-order valence-corrected chi connectivity index (χ0v) is 11.4. The molecule has 2 heteroatoms. The molecule has 1 saturated carbocycles. The van der Waals surface area contributed by atoms with Crippen LogP contribution in [-0.4, -0.2) is 36.6 Å². The molecule has 2 atom stereocenters. The summed E-state index contributed by atoms with van der Waals surface area (Å²) in [6.07, 6.45) is 4.19. The molecule has 2 fully saturated rings. The molecule has 94 valence electrons. The van der Waals surface area contributed by atoms with Gasteiger partial charge in [-0.25, -0.2) is 0 Å². The molecule has 0 bridgehead atoms. The van der Waals surface area contributed by atoms with Gasteiger partial charge in [0.2, 0.25) is 0 Å². The van der Waals surface area contributed by atoms with Crippen molar-refractivity contribution in [2.75, 3.05) is 19.6 Å². The van der Waals surface area contributed by atoms with Gasteiger partial charge in [0.25, 0.3) is 0 Å². The van der Waals surface area contributed by atoms with Crippen molar-refractivity contribution in [3.05, 3.63) is 0 Å². The highest BCUT2D eigenvalue weighted by Crippen LogP contribution is 2.35. The SMILES string of the molecule is CCC(C)(C)CN1CC(C2CC2)NCC1C. The molecule has 0 aromatic rings. The van der Waals surface area contributed by atoms with Gasteiger partial charge in [0, 0.05) is 31.7 Å². The molecular weight excluding hydrogens is 196 g/mol. The maximum absolute atomic E-state index is 3.72. The third-order valence-corrected chi connectivity index (χ3v) is 4.51. The van der Waals surface area contributed by atoms with Gasteiger partial charge in [-0.2, -0.15) is 0 Å². The minimum Gasteiger partial charge on any atom is -0.311 e. The van der Waals surface area contributed by atoms with Gasteiger partial charge in [-0.05, 0) is 37.5 Å². The first kappa shape index (κ1) is 12.4. The van der Waals surface area contributed by atoms with E-state index in [0.29, 0.717) is 11.5 Å². The minimum absolute atomic E-state index is 0.472. The van der Waals surface area contributed by atoms with Crippen molar-refractivity contribution in [3.8, 4) is 0 Å². The summed E-state index contributed by atoms with van der Waals surface area (Å²) in [5, 5.41) is 3.72. The molecule has 2 nitrogen and oxygen atoms in total.